The number of ether oxygens (including phenoxy) is 1. The summed E-state index contributed by atoms with van der Waals surface area (Å²) in [4.78, 5) is 25.0. The average Bonchev–Trinajstić information content (AvgIpc) is 2.65. The third kappa shape index (κ3) is 4.73. The van der Waals surface area contributed by atoms with Crippen molar-refractivity contribution < 1.29 is 14.3 Å². The van der Waals surface area contributed by atoms with Crippen molar-refractivity contribution in [2.24, 2.45) is 5.92 Å². The summed E-state index contributed by atoms with van der Waals surface area (Å²) in [7, 11) is 1.66. The molecule has 1 saturated heterocycles. The summed E-state index contributed by atoms with van der Waals surface area (Å²) < 4.78 is 5.17. The molecule has 1 unspecified atom stereocenters. The third-order valence-electron chi connectivity index (χ3n) is 2.55. The Morgan fingerprint density at radius 1 is 1.41 bits per heavy atom. The maximum absolute atomic E-state index is 11.9. The number of nitrogens with one attached hydrogen (secondary N) is 1. The highest BCUT2D eigenvalue weighted by Gasteiger charge is 2.27. The maximum atomic E-state index is 11.9. The molecule has 0 spiro atoms. The molecular weight excluding hydrogens is 220 g/mol. The fourth-order valence-corrected chi connectivity index (χ4v) is 1.79. The lowest BCUT2D eigenvalue weighted by molar-refractivity contribution is -0.138. The van der Waals surface area contributed by atoms with Gasteiger partial charge in [0.05, 0.1) is 19.1 Å². The molecule has 5 heteroatoms. The predicted octanol–water partition coefficient (Wildman–Crippen LogP) is 0.396. The van der Waals surface area contributed by atoms with E-state index in [0.717, 1.165) is 6.42 Å². The minimum absolute atomic E-state index is 0.00782. The lowest BCUT2D eigenvalue weighted by Gasteiger charge is -2.24. The van der Waals surface area contributed by atoms with Crippen LogP contribution in [0.5, 0.6) is 0 Å². The van der Waals surface area contributed by atoms with E-state index >= 15 is 0 Å². The lowest BCUT2D eigenvalue weighted by atomic mass is 10.1. The van der Waals surface area contributed by atoms with Crippen molar-refractivity contribution in [3.8, 4) is 0 Å². The molecule has 0 aromatic rings. The first-order chi connectivity index (χ1) is 7.79. The van der Waals surface area contributed by atoms with E-state index in [0.29, 0.717) is 13.2 Å². The molecule has 1 atom stereocenters. The standard InChI is InChI=1S/C12H22N2O3/c1-12(2,3)13-10(15)7-14(4)11(16)9-5-6-17-8-9/h9H,5-8H2,1-4H3,(H,13,15). The molecule has 5 nitrogen and oxygen atoms in total. The first-order valence-electron chi connectivity index (χ1n) is 5.93. The molecule has 1 N–H and O–H groups in total. The van der Waals surface area contributed by atoms with Crippen LogP contribution in [0.4, 0.5) is 0 Å². The number of nitrogens with zero attached hydrogens (tertiary/aromatic N) is 1. The van der Waals surface area contributed by atoms with Crippen LogP contribution in [-0.4, -0.2) is 49.1 Å². The fourth-order valence-electron chi connectivity index (χ4n) is 1.79. The third-order valence-corrected chi connectivity index (χ3v) is 2.55. The second-order valence-electron chi connectivity index (χ2n) is 5.55. The Balaban J connectivity index is 2.40. The molecule has 1 aliphatic heterocycles. The zero-order valence-electron chi connectivity index (χ0n) is 11.1. The van der Waals surface area contributed by atoms with Crippen molar-refractivity contribution in [1.29, 1.82) is 0 Å². The van der Waals surface area contributed by atoms with Gasteiger partial charge >= 0.3 is 0 Å². The van der Waals surface area contributed by atoms with Crippen molar-refractivity contribution in [3.63, 3.8) is 0 Å². The van der Waals surface area contributed by atoms with E-state index in [4.69, 9.17) is 4.74 Å². The zero-order chi connectivity index (χ0) is 13.1. The number of hydrogen-bond donors (Lipinski definition) is 1. The van der Waals surface area contributed by atoms with E-state index in [1.165, 1.54) is 4.90 Å². The van der Waals surface area contributed by atoms with Crippen LogP contribution in [0.3, 0.4) is 0 Å². The highest BCUT2D eigenvalue weighted by Crippen LogP contribution is 2.14. The van der Waals surface area contributed by atoms with Crippen LogP contribution in [0.25, 0.3) is 0 Å². The summed E-state index contributed by atoms with van der Waals surface area (Å²) in [6.07, 6.45) is 0.754. The molecule has 1 fully saturated rings. The Morgan fingerprint density at radius 2 is 2.06 bits per heavy atom. The Morgan fingerprint density at radius 3 is 2.53 bits per heavy atom. The average molecular weight is 242 g/mol. The molecular formula is C12H22N2O3. The highest BCUT2D eigenvalue weighted by molar-refractivity contribution is 5.86. The first kappa shape index (κ1) is 14.0. The minimum atomic E-state index is -0.266. The number of rotatable bonds is 3. The summed E-state index contributed by atoms with van der Waals surface area (Å²) in [6, 6.07) is 0. The summed E-state index contributed by atoms with van der Waals surface area (Å²) in [5, 5.41) is 2.83. The van der Waals surface area contributed by atoms with Crippen molar-refractivity contribution >= 4 is 11.8 Å². The second kappa shape index (κ2) is 5.49. The van der Waals surface area contributed by atoms with Gasteiger partial charge in [-0.05, 0) is 27.2 Å². The van der Waals surface area contributed by atoms with Crippen LogP contribution in [0, 0.1) is 5.92 Å². The zero-order valence-corrected chi connectivity index (χ0v) is 11.1. The van der Waals surface area contributed by atoms with Crippen molar-refractivity contribution in [1.82, 2.24) is 10.2 Å². The molecule has 1 aliphatic rings. The lowest BCUT2D eigenvalue weighted by Crippen LogP contribution is -2.47. The van der Waals surface area contributed by atoms with Gasteiger partial charge in [0.25, 0.3) is 0 Å². The van der Waals surface area contributed by atoms with Crippen LogP contribution in [0.1, 0.15) is 27.2 Å². The van der Waals surface area contributed by atoms with Gasteiger partial charge in [-0.3, -0.25) is 9.59 Å². The van der Waals surface area contributed by atoms with E-state index in [-0.39, 0.29) is 29.8 Å². The number of amides is 2. The van der Waals surface area contributed by atoms with Gasteiger partial charge in [0.1, 0.15) is 0 Å². The molecule has 17 heavy (non-hydrogen) atoms. The van der Waals surface area contributed by atoms with Gasteiger partial charge in [-0.2, -0.15) is 0 Å². The predicted molar refractivity (Wildman–Crippen MR) is 64.5 cm³/mol. The Hall–Kier alpha value is -1.10. The molecule has 0 saturated carbocycles. The van der Waals surface area contributed by atoms with Crippen LogP contribution in [0.2, 0.25) is 0 Å². The highest BCUT2D eigenvalue weighted by atomic mass is 16.5. The summed E-state index contributed by atoms with van der Waals surface area (Å²) in [5.41, 5.74) is -0.266. The topological polar surface area (TPSA) is 58.6 Å². The molecule has 2 amide bonds. The molecule has 1 rings (SSSR count). The molecule has 0 aliphatic carbocycles. The monoisotopic (exact) mass is 242 g/mol. The van der Waals surface area contributed by atoms with Gasteiger partial charge in [0.15, 0.2) is 0 Å². The van der Waals surface area contributed by atoms with E-state index in [1.807, 2.05) is 20.8 Å². The van der Waals surface area contributed by atoms with Gasteiger partial charge in [-0.1, -0.05) is 0 Å². The van der Waals surface area contributed by atoms with E-state index < -0.39 is 0 Å². The largest absolute Gasteiger partial charge is 0.381 e. The van der Waals surface area contributed by atoms with Gasteiger partial charge in [-0.25, -0.2) is 0 Å². The van der Waals surface area contributed by atoms with E-state index in [1.54, 1.807) is 7.05 Å². The fraction of sp³-hybridized carbons (Fsp3) is 0.833. The summed E-state index contributed by atoms with van der Waals surface area (Å²) in [6.45, 7) is 6.96. The SMILES string of the molecule is CN(CC(=O)NC(C)(C)C)C(=O)C1CCOC1. The number of carbonyl (C=O) groups excluding carboxylic acids is 2. The van der Waals surface area contributed by atoms with E-state index in [2.05, 4.69) is 5.32 Å². The quantitative estimate of drug-likeness (QED) is 0.779. The summed E-state index contributed by atoms with van der Waals surface area (Å²) >= 11 is 0. The first-order valence-corrected chi connectivity index (χ1v) is 5.93. The molecule has 0 aromatic heterocycles. The van der Waals surface area contributed by atoms with Crippen LogP contribution < -0.4 is 5.32 Å². The van der Waals surface area contributed by atoms with E-state index in [9.17, 15) is 9.59 Å². The normalized spacial score (nSPS) is 20.1. The molecule has 0 bridgehead atoms. The van der Waals surface area contributed by atoms with Gasteiger partial charge < -0.3 is 15.0 Å². The molecule has 98 valence electrons. The van der Waals surface area contributed by atoms with Gasteiger partial charge in [0.2, 0.25) is 11.8 Å². The molecule has 0 aromatic carbocycles. The molecule has 0 radical (unpaired) electrons. The number of hydrogen-bond acceptors (Lipinski definition) is 3. The maximum Gasteiger partial charge on any atom is 0.240 e. The van der Waals surface area contributed by atoms with Crippen LogP contribution in [0.15, 0.2) is 0 Å². The number of likely N-dealkylation sites (N-methyl/N-ethyl adjacent to an activating group) is 1. The van der Waals surface area contributed by atoms with Gasteiger partial charge in [-0.15, -0.1) is 0 Å². The Labute approximate surface area is 102 Å². The minimum Gasteiger partial charge on any atom is -0.381 e. The van der Waals surface area contributed by atoms with Gasteiger partial charge in [0, 0.05) is 19.2 Å². The van der Waals surface area contributed by atoms with Crippen molar-refractivity contribution in [2.45, 2.75) is 32.7 Å². The number of carbonyl (C=O) groups is 2. The van der Waals surface area contributed by atoms with Crippen molar-refractivity contribution in [2.75, 3.05) is 26.8 Å². The molecule has 1 heterocycles. The Kier molecular flexibility index (Phi) is 4.51. The van der Waals surface area contributed by atoms with Crippen molar-refractivity contribution in [3.05, 3.63) is 0 Å². The Bertz CT molecular complexity index is 291. The van der Waals surface area contributed by atoms with Crippen LogP contribution in [-0.2, 0) is 14.3 Å². The summed E-state index contributed by atoms with van der Waals surface area (Å²) in [5.74, 6) is -0.221. The van der Waals surface area contributed by atoms with Crippen LogP contribution >= 0.6 is 0 Å². The smallest absolute Gasteiger partial charge is 0.240 e. The second-order valence-corrected chi connectivity index (χ2v) is 5.55.